The minimum Gasteiger partial charge on any atom is -0.376 e. The van der Waals surface area contributed by atoms with Gasteiger partial charge in [0.25, 0.3) is 5.91 Å². The molecule has 7 heteroatoms. The zero-order chi connectivity index (χ0) is 18.5. The van der Waals surface area contributed by atoms with Crippen LogP contribution in [-0.2, 0) is 4.79 Å². The molecule has 0 unspecified atom stereocenters. The van der Waals surface area contributed by atoms with Crippen LogP contribution in [0.15, 0.2) is 48.5 Å². The van der Waals surface area contributed by atoms with E-state index >= 15 is 0 Å². The smallest absolute Gasteiger partial charge is 0.253 e. The van der Waals surface area contributed by atoms with E-state index in [2.05, 4.69) is 16.0 Å². The Kier molecular flexibility index (Phi) is 5.17. The lowest BCUT2D eigenvalue weighted by molar-refractivity contribution is -0.114. The molecule has 26 heavy (non-hydrogen) atoms. The third-order valence-electron chi connectivity index (χ3n) is 3.98. The zero-order valence-electron chi connectivity index (χ0n) is 14.1. The Bertz CT molecular complexity index is 829. The second-order valence-electron chi connectivity index (χ2n) is 6.14. The van der Waals surface area contributed by atoms with Crippen LogP contribution in [0.2, 0.25) is 0 Å². The summed E-state index contributed by atoms with van der Waals surface area (Å²) in [5.41, 5.74) is 7.22. The molecule has 2 aromatic carbocycles. The molecule has 5 N–H and O–H groups in total. The monoisotopic (exact) mass is 352 g/mol. The molecule has 0 bridgehead atoms. The van der Waals surface area contributed by atoms with Gasteiger partial charge in [0.15, 0.2) is 0 Å². The van der Waals surface area contributed by atoms with Crippen molar-refractivity contribution in [1.82, 2.24) is 5.32 Å². The van der Waals surface area contributed by atoms with Gasteiger partial charge in [0.05, 0.1) is 12.1 Å². The van der Waals surface area contributed by atoms with Crippen LogP contribution in [0.1, 0.15) is 33.6 Å². The Morgan fingerprint density at radius 2 is 1.69 bits per heavy atom. The van der Waals surface area contributed by atoms with Crippen molar-refractivity contribution in [2.75, 3.05) is 17.2 Å². The maximum Gasteiger partial charge on any atom is 0.253 e. The van der Waals surface area contributed by atoms with Crippen molar-refractivity contribution in [2.24, 2.45) is 5.73 Å². The normalized spacial score (nSPS) is 12.9. The first-order valence-corrected chi connectivity index (χ1v) is 8.36. The van der Waals surface area contributed by atoms with Gasteiger partial charge in [-0.05, 0) is 49.2 Å². The fourth-order valence-corrected chi connectivity index (χ4v) is 2.42. The molecule has 3 rings (SSSR count). The molecule has 0 heterocycles. The molecule has 1 aliphatic carbocycles. The van der Waals surface area contributed by atoms with E-state index in [0.717, 1.165) is 12.8 Å². The van der Waals surface area contributed by atoms with Crippen molar-refractivity contribution < 1.29 is 14.4 Å². The summed E-state index contributed by atoms with van der Waals surface area (Å²) in [6, 6.07) is 13.6. The molecule has 134 valence electrons. The summed E-state index contributed by atoms with van der Waals surface area (Å²) in [6.45, 7) is 0.00525. The van der Waals surface area contributed by atoms with Crippen molar-refractivity contribution in [3.8, 4) is 0 Å². The second kappa shape index (κ2) is 7.69. The highest BCUT2D eigenvalue weighted by molar-refractivity contribution is 6.01. The van der Waals surface area contributed by atoms with Crippen LogP contribution >= 0.6 is 0 Å². The van der Waals surface area contributed by atoms with E-state index in [1.54, 1.807) is 48.5 Å². The van der Waals surface area contributed by atoms with Gasteiger partial charge in [-0.2, -0.15) is 0 Å². The van der Waals surface area contributed by atoms with Crippen molar-refractivity contribution in [3.63, 3.8) is 0 Å². The summed E-state index contributed by atoms with van der Waals surface area (Å²) in [7, 11) is 0. The molecular formula is C19H20N4O3. The van der Waals surface area contributed by atoms with Crippen LogP contribution in [0.3, 0.4) is 0 Å². The number of rotatable bonds is 7. The van der Waals surface area contributed by atoms with Crippen LogP contribution in [-0.4, -0.2) is 30.3 Å². The molecule has 0 radical (unpaired) electrons. The molecule has 1 aliphatic rings. The minimum atomic E-state index is -0.523. The quantitative estimate of drug-likeness (QED) is 0.608. The first-order chi connectivity index (χ1) is 12.5. The average Bonchev–Trinajstić information content (AvgIpc) is 3.44. The average molecular weight is 352 g/mol. The van der Waals surface area contributed by atoms with Gasteiger partial charge in [-0.1, -0.05) is 12.1 Å². The number of amides is 3. The largest absolute Gasteiger partial charge is 0.376 e. The summed E-state index contributed by atoms with van der Waals surface area (Å²) < 4.78 is 0. The van der Waals surface area contributed by atoms with Gasteiger partial charge in [-0.25, -0.2) is 0 Å². The summed E-state index contributed by atoms with van der Waals surface area (Å²) in [6.07, 6.45) is 2.02. The summed E-state index contributed by atoms with van der Waals surface area (Å²) >= 11 is 0. The second-order valence-corrected chi connectivity index (χ2v) is 6.14. The first kappa shape index (κ1) is 17.5. The number of nitrogens with one attached hydrogen (secondary N) is 3. The molecule has 0 spiro atoms. The van der Waals surface area contributed by atoms with Crippen LogP contribution < -0.4 is 21.7 Å². The van der Waals surface area contributed by atoms with E-state index in [1.807, 2.05) is 0 Å². The fourth-order valence-electron chi connectivity index (χ4n) is 2.42. The van der Waals surface area contributed by atoms with E-state index in [9.17, 15) is 14.4 Å². The standard InChI is InChI=1S/C19H20N4O3/c20-18(25)12-5-7-13(8-6-12)22-17(24)11-21-16-4-2-1-3-15(16)19(26)23-14-9-10-14/h1-8,14,21H,9-11H2,(H2,20,25)(H,22,24)(H,23,26). The summed E-state index contributed by atoms with van der Waals surface area (Å²) in [4.78, 5) is 35.4. The SMILES string of the molecule is NC(=O)c1ccc(NC(=O)CNc2ccccc2C(=O)NC2CC2)cc1. The Hall–Kier alpha value is -3.35. The van der Waals surface area contributed by atoms with Gasteiger partial charge in [-0.15, -0.1) is 0 Å². The lowest BCUT2D eigenvalue weighted by Gasteiger charge is -2.12. The third-order valence-corrected chi connectivity index (χ3v) is 3.98. The van der Waals surface area contributed by atoms with Crippen LogP contribution in [0.25, 0.3) is 0 Å². The summed E-state index contributed by atoms with van der Waals surface area (Å²) in [5, 5.41) is 8.64. The highest BCUT2D eigenvalue weighted by Gasteiger charge is 2.24. The molecular weight excluding hydrogens is 332 g/mol. The molecule has 7 nitrogen and oxygen atoms in total. The van der Waals surface area contributed by atoms with Crippen LogP contribution in [0.4, 0.5) is 11.4 Å². The van der Waals surface area contributed by atoms with E-state index in [-0.39, 0.29) is 24.4 Å². The number of hydrogen-bond donors (Lipinski definition) is 4. The lowest BCUT2D eigenvalue weighted by atomic mass is 10.1. The van der Waals surface area contributed by atoms with E-state index in [1.165, 1.54) is 0 Å². The fraction of sp³-hybridized carbons (Fsp3) is 0.211. The number of benzene rings is 2. The van der Waals surface area contributed by atoms with Crippen molar-refractivity contribution in [3.05, 3.63) is 59.7 Å². The molecule has 2 aromatic rings. The lowest BCUT2D eigenvalue weighted by Crippen LogP contribution is -2.27. The van der Waals surface area contributed by atoms with Gasteiger partial charge in [0, 0.05) is 23.0 Å². The van der Waals surface area contributed by atoms with E-state index < -0.39 is 5.91 Å². The third kappa shape index (κ3) is 4.60. The van der Waals surface area contributed by atoms with Gasteiger partial charge >= 0.3 is 0 Å². The molecule has 0 atom stereocenters. The highest BCUT2D eigenvalue weighted by Crippen LogP contribution is 2.21. The Balaban J connectivity index is 1.57. The van der Waals surface area contributed by atoms with Crippen molar-refractivity contribution in [1.29, 1.82) is 0 Å². The maximum atomic E-state index is 12.2. The van der Waals surface area contributed by atoms with Gasteiger partial charge in [0.1, 0.15) is 0 Å². The highest BCUT2D eigenvalue weighted by atomic mass is 16.2. The van der Waals surface area contributed by atoms with Crippen LogP contribution in [0, 0.1) is 0 Å². The Morgan fingerprint density at radius 1 is 1.00 bits per heavy atom. The predicted molar refractivity (Wildman–Crippen MR) is 99.0 cm³/mol. The Morgan fingerprint density at radius 3 is 2.35 bits per heavy atom. The zero-order valence-corrected chi connectivity index (χ0v) is 14.1. The van der Waals surface area contributed by atoms with Crippen molar-refractivity contribution in [2.45, 2.75) is 18.9 Å². The van der Waals surface area contributed by atoms with Gasteiger partial charge in [-0.3, -0.25) is 14.4 Å². The number of hydrogen-bond acceptors (Lipinski definition) is 4. The number of carbonyl (C=O) groups is 3. The van der Waals surface area contributed by atoms with Crippen LogP contribution in [0.5, 0.6) is 0 Å². The summed E-state index contributed by atoms with van der Waals surface area (Å²) in [5.74, 6) is -0.932. The van der Waals surface area contributed by atoms with Gasteiger partial charge in [0.2, 0.25) is 11.8 Å². The first-order valence-electron chi connectivity index (χ1n) is 8.36. The van der Waals surface area contributed by atoms with E-state index in [4.69, 9.17) is 5.73 Å². The molecule has 1 fully saturated rings. The molecule has 1 saturated carbocycles. The molecule has 0 aliphatic heterocycles. The molecule has 3 amide bonds. The Labute approximate surface area is 151 Å². The molecule has 0 aromatic heterocycles. The maximum absolute atomic E-state index is 12.2. The number of primary amides is 1. The van der Waals surface area contributed by atoms with Gasteiger partial charge < -0.3 is 21.7 Å². The predicted octanol–water partition coefficient (Wildman–Crippen LogP) is 1.73. The number of carbonyl (C=O) groups excluding carboxylic acids is 3. The van der Waals surface area contributed by atoms with Crippen molar-refractivity contribution >= 4 is 29.1 Å². The topological polar surface area (TPSA) is 113 Å². The molecule has 0 saturated heterocycles. The number of anilines is 2. The van der Waals surface area contributed by atoms with E-state index in [0.29, 0.717) is 22.5 Å². The number of nitrogens with two attached hydrogens (primary N) is 1. The minimum absolute atomic E-state index is 0.00525. The number of para-hydroxylation sites is 1.